The maximum absolute atomic E-state index is 11.2. The first-order valence-corrected chi connectivity index (χ1v) is 13.1. The van der Waals surface area contributed by atoms with Gasteiger partial charge in [-0.25, -0.2) is 0 Å². The predicted octanol–water partition coefficient (Wildman–Crippen LogP) is 8.24. The van der Waals surface area contributed by atoms with Crippen LogP contribution in [0.1, 0.15) is 129 Å². The summed E-state index contributed by atoms with van der Waals surface area (Å²) in [5.74, 6) is -0.878. The molecule has 0 aromatic heterocycles. The molecule has 0 heterocycles. The highest BCUT2D eigenvalue weighted by Crippen LogP contribution is 2.14. The van der Waals surface area contributed by atoms with Crippen LogP contribution in [0.4, 0.5) is 0 Å². The van der Waals surface area contributed by atoms with Crippen LogP contribution in [-0.2, 0) is 4.79 Å². The molecule has 178 valence electrons. The molecule has 0 amide bonds. The van der Waals surface area contributed by atoms with Gasteiger partial charge >= 0.3 is 5.97 Å². The summed E-state index contributed by atoms with van der Waals surface area (Å²) in [5.41, 5.74) is 0. The molecule has 0 spiro atoms. The molecule has 0 saturated carbocycles. The van der Waals surface area contributed by atoms with E-state index in [0.717, 1.165) is 25.7 Å². The van der Waals surface area contributed by atoms with Gasteiger partial charge in [0.2, 0.25) is 0 Å². The van der Waals surface area contributed by atoms with Gasteiger partial charge in [0.1, 0.15) is 0 Å². The maximum atomic E-state index is 11.2. The number of allylic oxidation sites excluding steroid dienone is 2. The van der Waals surface area contributed by atoms with Crippen molar-refractivity contribution >= 4 is 5.97 Å². The summed E-state index contributed by atoms with van der Waals surface area (Å²) in [6, 6.07) is 0. The Labute approximate surface area is 188 Å². The zero-order valence-corrected chi connectivity index (χ0v) is 20.7. The number of rotatable bonds is 23. The lowest BCUT2D eigenvalue weighted by Crippen LogP contribution is -2.27. The van der Waals surface area contributed by atoms with Crippen molar-refractivity contribution in [3.63, 3.8) is 0 Å². The van der Waals surface area contributed by atoms with Crippen LogP contribution in [0.3, 0.4) is 0 Å². The Morgan fingerprint density at radius 2 is 1.10 bits per heavy atom. The number of nitrogens with zero attached hydrogens (tertiary/aromatic N) is 1. The van der Waals surface area contributed by atoms with Gasteiger partial charge in [-0.15, -0.1) is 0 Å². The summed E-state index contributed by atoms with van der Waals surface area (Å²) in [6.45, 7) is 2.93. The third kappa shape index (κ3) is 21.9. The van der Waals surface area contributed by atoms with Crippen molar-refractivity contribution in [3.05, 3.63) is 12.2 Å². The van der Waals surface area contributed by atoms with E-state index in [4.69, 9.17) is 0 Å². The Morgan fingerprint density at radius 1 is 0.700 bits per heavy atom. The smallest absolute Gasteiger partial charge is 0.307 e. The number of carbonyl (C=O) groups is 1. The lowest BCUT2D eigenvalue weighted by Gasteiger charge is -2.16. The number of unbranched alkanes of at least 4 members (excludes halogenated alkanes) is 16. The molecule has 0 rings (SSSR count). The molecule has 0 aliphatic rings. The van der Waals surface area contributed by atoms with Gasteiger partial charge in [-0.05, 0) is 46.2 Å². The Kier molecular flexibility index (Phi) is 22.2. The van der Waals surface area contributed by atoms with E-state index >= 15 is 0 Å². The second-order valence-electron chi connectivity index (χ2n) is 9.44. The van der Waals surface area contributed by atoms with Crippen molar-refractivity contribution in [2.24, 2.45) is 5.92 Å². The molecule has 30 heavy (non-hydrogen) atoms. The highest BCUT2D eigenvalue weighted by atomic mass is 16.4. The van der Waals surface area contributed by atoms with E-state index in [-0.39, 0.29) is 5.92 Å². The van der Waals surface area contributed by atoms with Crippen molar-refractivity contribution in [1.29, 1.82) is 0 Å². The van der Waals surface area contributed by atoms with E-state index in [0.29, 0.717) is 6.54 Å². The molecule has 0 aliphatic carbocycles. The number of aliphatic carboxylic acids is 1. The Hall–Kier alpha value is -0.830. The average Bonchev–Trinajstić information content (AvgIpc) is 2.71. The second kappa shape index (κ2) is 22.8. The molecule has 0 aromatic carbocycles. The Balaban J connectivity index is 3.29. The molecule has 0 aromatic rings. The minimum absolute atomic E-state index is 0.223. The zero-order chi connectivity index (χ0) is 22.3. The third-order valence-corrected chi connectivity index (χ3v) is 6.00. The van der Waals surface area contributed by atoms with Crippen LogP contribution in [0, 0.1) is 5.92 Å². The van der Waals surface area contributed by atoms with Crippen molar-refractivity contribution in [2.45, 2.75) is 129 Å². The van der Waals surface area contributed by atoms with Gasteiger partial charge in [-0.1, -0.05) is 109 Å². The molecular formula is C27H53NO2. The molecule has 0 saturated heterocycles. The minimum Gasteiger partial charge on any atom is -0.481 e. The van der Waals surface area contributed by atoms with E-state index in [2.05, 4.69) is 19.1 Å². The quantitative estimate of drug-likeness (QED) is 0.133. The topological polar surface area (TPSA) is 40.5 Å². The lowest BCUT2D eigenvalue weighted by atomic mass is 10.0. The van der Waals surface area contributed by atoms with E-state index < -0.39 is 5.97 Å². The van der Waals surface area contributed by atoms with Gasteiger partial charge in [0.15, 0.2) is 0 Å². The van der Waals surface area contributed by atoms with Crippen molar-refractivity contribution in [3.8, 4) is 0 Å². The number of hydrogen-bond donors (Lipinski definition) is 1. The molecule has 3 heteroatoms. The van der Waals surface area contributed by atoms with E-state index in [9.17, 15) is 9.90 Å². The third-order valence-electron chi connectivity index (χ3n) is 6.00. The number of carboxylic acid groups (broad SMARTS) is 1. The van der Waals surface area contributed by atoms with Crippen LogP contribution in [0.2, 0.25) is 0 Å². The molecule has 1 atom stereocenters. The van der Waals surface area contributed by atoms with Gasteiger partial charge in [0.05, 0.1) is 5.92 Å². The van der Waals surface area contributed by atoms with Crippen LogP contribution in [-0.4, -0.2) is 36.6 Å². The van der Waals surface area contributed by atoms with Crippen molar-refractivity contribution < 1.29 is 9.90 Å². The average molecular weight is 424 g/mol. The second-order valence-corrected chi connectivity index (χ2v) is 9.44. The van der Waals surface area contributed by atoms with Crippen LogP contribution in [0.5, 0.6) is 0 Å². The molecule has 0 radical (unpaired) electrons. The highest BCUT2D eigenvalue weighted by Gasteiger charge is 2.17. The highest BCUT2D eigenvalue weighted by molar-refractivity contribution is 5.70. The fourth-order valence-corrected chi connectivity index (χ4v) is 4.08. The monoisotopic (exact) mass is 423 g/mol. The van der Waals surface area contributed by atoms with Gasteiger partial charge in [-0.3, -0.25) is 4.79 Å². The van der Waals surface area contributed by atoms with Gasteiger partial charge in [0, 0.05) is 6.54 Å². The molecule has 0 fully saturated rings. The molecule has 1 N–H and O–H groups in total. The first-order valence-electron chi connectivity index (χ1n) is 13.1. The number of carboxylic acids is 1. The van der Waals surface area contributed by atoms with Crippen molar-refractivity contribution in [2.75, 3.05) is 20.6 Å². The Bertz CT molecular complexity index is 392. The molecule has 0 aliphatic heterocycles. The fraction of sp³-hybridized carbons (Fsp3) is 0.889. The first-order chi connectivity index (χ1) is 14.6. The standard InChI is InChI=1S/C27H53NO2/c1-4-5-6-7-8-9-10-11-12-13-14-15-16-17-18-19-20-21-22-23-24-26(27(29)30)25-28(2)3/h19-20,26H,4-18,21-25H2,1-3H3,(H,29,30). The summed E-state index contributed by atoms with van der Waals surface area (Å²) >= 11 is 0. The minimum atomic E-state index is -0.656. The summed E-state index contributed by atoms with van der Waals surface area (Å²) < 4.78 is 0. The van der Waals surface area contributed by atoms with E-state index in [1.54, 1.807) is 0 Å². The van der Waals surface area contributed by atoms with Crippen LogP contribution < -0.4 is 0 Å². The predicted molar refractivity (Wildman–Crippen MR) is 132 cm³/mol. The molecule has 0 bridgehead atoms. The van der Waals surface area contributed by atoms with Gasteiger partial charge in [0.25, 0.3) is 0 Å². The first kappa shape index (κ1) is 29.2. The van der Waals surface area contributed by atoms with Gasteiger partial charge < -0.3 is 10.0 Å². The van der Waals surface area contributed by atoms with Gasteiger partial charge in [-0.2, -0.15) is 0 Å². The normalized spacial score (nSPS) is 12.8. The van der Waals surface area contributed by atoms with Crippen LogP contribution >= 0.6 is 0 Å². The molecule has 3 nitrogen and oxygen atoms in total. The largest absolute Gasteiger partial charge is 0.481 e. The van der Waals surface area contributed by atoms with Crippen LogP contribution in [0.15, 0.2) is 12.2 Å². The maximum Gasteiger partial charge on any atom is 0.307 e. The lowest BCUT2D eigenvalue weighted by molar-refractivity contribution is -0.142. The van der Waals surface area contributed by atoms with Crippen molar-refractivity contribution in [1.82, 2.24) is 4.90 Å². The summed E-state index contributed by atoms with van der Waals surface area (Å²) in [5, 5.41) is 9.24. The summed E-state index contributed by atoms with van der Waals surface area (Å²) in [4.78, 5) is 13.2. The van der Waals surface area contributed by atoms with Crippen LogP contribution in [0.25, 0.3) is 0 Å². The zero-order valence-electron chi connectivity index (χ0n) is 20.7. The summed E-state index contributed by atoms with van der Waals surface area (Å²) in [6.07, 6.45) is 29.6. The number of hydrogen-bond acceptors (Lipinski definition) is 2. The Morgan fingerprint density at radius 3 is 1.50 bits per heavy atom. The molecular weight excluding hydrogens is 370 g/mol. The van der Waals surface area contributed by atoms with E-state index in [1.807, 2.05) is 19.0 Å². The summed E-state index contributed by atoms with van der Waals surface area (Å²) in [7, 11) is 3.88. The fourth-order valence-electron chi connectivity index (χ4n) is 4.08. The SMILES string of the molecule is CCCCCCCCCCCCCCCCC=CCCCCC(CN(C)C)C(=O)O. The van der Waals surface area contributed by atoms with E-state index in [1.165, 1.54) is 96.3 Å². The molecule has 1 unspecified atom stereocenters.